The van der Waals surface area contributed by atoms with Gasteiger partial charge in [-0.2, -0.15) is 4.31 Å². The molecule has 0 aliphatic carbocycles. The van der Waals surface area contributed by atoms with E-state index in [9.17, 15) is 13.2 Å². The van der Waals surface area contributed by atoms with Crippen LogP contribution in [0.15, 0.2) is 48.5 Å². The Labute approximate surface area is 183 Å². The van der Waals surface area contributed by atoms with Crippen LogP contribution in [0.1, 0.15) is 15.9 Å². The van der Waals surface area contributed by atoms with Gasteiger partial charge >= 0.3 is 0 Å². The number of hydrogen-bond donors (Lipinski definition) is 1. The molecule has 168 valence electrons. The number of carbonyl (C=O) groups is 1. The zero-order valence-electron chi connectivity index (χ0n) is 17.9. The van der Waals surface area contributed by atoms with E-state index in [0.29, 0.717) is 37.7 Å². The smallest absolute Gasteiger partial charge is 0.258 e. The Kier molecular flexibility index (Phi) is 7.89. The predicted octanol–water partition coefficient (Wildman–Crippen LogP) is 1.58. The number of nitrogens with one attached hydrogen (secondary N) is 1. The standard InChI is InChI=1S/C22H29N3O5S/c1-29-19-9-6-10-20(30-2)21(19)22(26)23-11-16-31(27,28)25-14-12-24(13-15-25)17-18-7-4-3-5-8-18/h3-10H,11-17H2,1-2H3,(H,23,26). The van der Waals surface area contributed by atoms with Crippen LogP contribution in [0.4, 0.5) is 0 Å². The van der Waals surface area contributed by atoms with Gasteiger partial charge in [-0.3, -0.25) is 9.69 Å². The van der Waals surface area contributed by atoms with Crippen LogP contribution in [0.25, 0.3) is 0 Å². The zero-order chi connectivity index (χ0) is 22.3. The third kappa shape index (κ3) is 5.96. The first kappa shape index (κ1) is 23.1. The average molecular weight is 448 g/mol. The van der Waals surface area contributed by atoms with Crippen LogP contribution in [0, 0.1) is 0 Å². The summed E-state index contributed by atoms with van der Waals surface area (Å²) in [6.07, 6.45) is 0. The van der Waals surface area contributed by atoms with Crippen molar-refractivity contribution in [3.8, 4) is 11.5 Å². The van der Waals surface area contributed by atoms with Crippen molar-refractivity contribution < 1.29 is 22.7 Å². The Bertz CT molecular complexity index is 952. The summed E-state index contributed by atoms with van der Waals surface area (Å²) in [5, 5.41) is 2.67. The van der Waals surface area contributed by atoms with Crippen molar-refractivity contribution in [2.24, 2.45) is 0 Å². The molecule has 0 spiro atoms. The molecule has 0 bridgehead atoms. The van der Waals surface area contributed by atoms with Crippen LogP contribution in [-0.4, -0.2) is 76.2 Å². The molecule has 2 aromatic carbocycles. The second-order valence-electron chi connectivity index (χ2n) is 7.27. The van der Waals surface area contributed by atoms with Crippen molar-refractivity contribution in [1.29, 1.82) is 0 Å². The summed E-state index contributed by atoms with van der Waals surface area (Å²) < 4.78 is 37.4. The average Bonchev–Trinajstić information content (AvgIpc) is 2.79. The maximum absolute atomic E-state index is 12.7. The molecule has 1 fully saturated rings. The summed E-state index contributed by atoms with van der Waals surface area (Å²) in [5.74, 6) is 0.148. The molecule has 0 saturated carbocycles. The molecule has 1 saturated heterocycles. The number of piperazine rings is 1. The molecule has 31 heavy (non-hydrogen) atoms. The predicted molar refractivity (Wildman–Crippen MR) is 119 cm³/mol. The highest BCUT2D eigenvalue weighted by molar-refractivity contribution is 7.89. The lowest BCUT2D eigenvalue weighted by atomic mass is 10.1. The molecule has 1 N–H and O–H groups in total. The van der Waals surface area contributed by atoms with E-state index in [2.05, 4.69) is 22.3 Å². The molecule has 9 heteroatoms. The Morgan fingerprint density at radius 2 is 1.55 bits per heavy atom. The van der Waals surface area contributed by atoms with E-state index < -0.39 is 15.9 Å². The molecule has 0 atom stereocenters. The number of hydrogen-bond acceptors (Lipinski definition) is 6. The quantitative estimate of drug-likeness (QED) is 0.628. The highest BCUT2D eigenvalue weighted by Gasteiger charge is 2.27. The van der Waals surface area contributed by atoms with Gasteiger partial charge in [-0.25, -0.2) is 8.42 Å². The second-order valence-corrected chi connectivity index (χ2v) is 9.36. The molecule has 2 aromatic rings. The molecule has 1 aliphatic rings. The molecule has 3 rings (SSSR count). The number of sulfonamides is 1. The third-order valence-corrected chi connectivity index (χ3v) is 7.15. The molecule has 1 amide bonds. The van der Waals surface area contributed by atoms with Crippen molar-refractivity contribution in [1.82, 2.24) is 14.5 Å². The summed E-state index contributed by atoms with van der Waals surface area (Å²) in [6.45, 7) is 3.07. The van der Waals surface area contributed by atoms with Gasteiger partial charge in [-0.15, -0.1) is 0 Å². The Morgan fingerprint density at radius 3 is 2.13 bits per heavy atom. The minimum Gasteiger partial charge on any atom is -0.496 e. The van der Waals surface area contributed by atoms with Crippen LogP contribution in [-0.2, 0) is 16.6 Å². The highest BCUT2D eigenvalue weighted by Crippen LogP contribution is 2.27. The van der Waals surface area contributed by atoms with Gasteiger partial charge in [0, 0.05) is 39.3 Å². The number of carbonyl (C=O) groups excluding carboxylic acids is 1. The maximum atomic E-state index is 12.7. The SMILES string of the molecule is COc1cccc(OC)c1C(=O)NCCS(=O)(=O)N1CCN(Cc2ccccc2)CC1. The normalized spacial score (nSPS) is 15.4. The molecule has 1 aliphatic heterocycles. The van der Waals surface area contributed by atoms with E-state index in [0.717, 1.165) is 6.54 Å². The summed E-state index contributed by atoms with van der Waals surface area (Å²) >= 11 is 0. The van der Waals surface area contributed by atoms with Gasteiger partial charge in [-0.1, -0.05) is 36.4 Å². The number of nitrogens with zero attached hydrogens (tertiary/aromatic N) is 2. The summed E-state index contributed by atoms with van der Waals surface area (Å²) in [6, 6.07) is 15.2. The molecular formula is C22H29N3O5S. The molecule has 0 radical (unpaired) electrons. The number of methoxy groups -OCH3 is 2. The van der Waals surface area contributed by atoms with Crippen molar-refractivity contribution in [2.45, 2.75) is 6.54 Å². The fourth-order valence-corrected chi connectivity index (χ4v) is 4.93. The fourth-order valence-electron chi connectivity index (χ4n) is 3.59. The number of rotatable bonds is 9. The lowest BCUT2D eigenvalue weighted by molar-refractivity contribution is 0.0949. The van der Waals surface area contributed by atoms with E-state index in [1.807, 2.05) is 18.2 Å². The summed E-state index contributed by atoms with van der Waals surface area (Å²) in [5.41, 5.74) is 1.47. The van der Waals surface area contributed by atoms with Crippen LogP contribution in [0.2, 0.25) is 0 Å². The Hall–Kier alpha value is -2.62. The van der Waals surface area contributed by atoms with Gasteiger partial charge in [0.1, 0.15) is 17.1 Å². The molecular weight excluding hydrogens is 418 g/mol. The minimum absolute atomic E-state index is 0.00655. The zero-order valence-corrected chi connectivity index (χ0v) is 18.7. The van der Waals surface area contributed by atoms with Crippen molar-refractivity contribution in [3.05, 3.63) is 59.7 Å². The Balaban J connectivity index is 1.50. The van der Waals surface area contributed by atoms with Crippen LogP contribution < -0.4 is 14.8 Å². The van der Waals surface area contributed by atoms with Crippen molar-refractivity contribution in [3.63, 3.8) is 0 Å². The van der Waals surface area contributed by atoms with Gasteiger partial charge in [0.05, 0.1) is 20.0 Å². The molecule has 0 unspecified atom stereocenters. The molecule has 8 nitrogen and oxygen atoms in total. The summed E-state index contributed by atoms with van der Waals surface area (Å²) in [7, 11) is -0.528. The van der Waals surface area contributed by atoms with Gasteiger partial charge in [0.15, 0.2) is 0 Å². The van der Waals surface area contributed by atoms with Crippen molar-refractivity contribution >= 4 is 15.9 Å². The topological polar surface area (TPSA) is 88.2 Å². The second kappa shape index (κ2) is 10.6. The van der Waals surface area contributed by atoms with E-state index in [-0.39, 0.29) is 17.9 Å². The third-order valence-electron chi connectivity index (χ3n) is 5.27. The van der Waals surface area contributed by atoms with E-state index in [4.69, 9.17) is 9.47 Å². The Morgan fingerprint density at radius 1 is 0.935 bits per heavy atom. The summed E-state index contributed by atoms with van der Waals surface area (Å²) in [4.78, 5) is 14.8. The molecule has 1 heterocycles. The van der Waals surface area contributed by atoms with Gasteiger partial charge in [0.2, 0.25) is 10.0 Å². The van der Waals surface area contributed by atoms with Gasteiger partial charge in [0.25, 0.3) is 5.91 Å². The van der Waals surface area contributed by atoms with E-state index in [1.54, 1.807) is 18.2 Å². The minimum atomic E-state index is -3.46. The van der Waals surface area contributed by atoms with Gasteiger partial charge < -0.3 is 14.8 Å². The number of ether oxygens (including phenoxy) is 2. The number of benzene rings is 2. The van der Waals surface area contributed by atoms with Crippen LogP contribution in [0.5, 0.6) is 11.5 Å². The maximum Gasteiger partial charge on any atom is 0.258 e. The largest absolute Gasteiger partial charge is 0.496 e. The number of amides is 1. The first-order chi connectivity index (χ1) is 14.9. The first-order valence-corrected chi connectivity index (χ1v) is 11.8. The van der Waals surface area contributed by atoms with Crippen LogP contribution >= 0.6 is 0 Å². The first-order valence-electron chi connectivity index (χ1n) is 10.2. The lowest BCUT2D eigenvalue weighted by Crippen LogP contribution is -2.49. The molecule has 0 aromatic heterocycles. The van der Waals surface area contributed by atoms with Crippen molar-refractivity contribution in [2.75, 3.05) is 52.7 Å². The highest BCUT2D eigenvalue weighted by atomic mass is 32.2. The van der Waals surface area contributed by atoms with Crippen LogP contribution in [0.3, 0.4) is 0 Å². The van der Waals surface area contributed by atoms with Gasteiger partial charge in [-0.05, 0) is 17.7 Å². The monoisotopic (exact) mass is 447 g/mol. The lowest BCUT2D eigenvalue weighted by Gasteiger charge is -2.34. The fraction of sp³-hybridized carbons (Fsp3) is 0.409. The van der Waals surface area contributed by atoms with E-state index >= 15 is 0 Å². The van der Waals surface area contributed by atoms with E-state index in [1.165, 1.54) is 24.1 Å².